The Balaban J connectivity index is 1.69. The summed E-state index contributed by atoms with van der Waals surface area (Å²) in [5.74, 6) is 0.822. The van der Waals surface area contributed by atoms with E-state index in [9.17, 15) is 0 Å². The molecule has 18 heavy (non-hydrogen) atoms. The molecular weight excluding hydrogens is 289 g/mol. The standard InChI is InChI=1S/C12H11Cl2N3S/c13-10-4-1-8(5-11(10)14)6-18-12-16-15-7-17(12)9-2-3-9/h1,4-5,7,9H,2-3,6H2. The van der Waals surface area contributed by atoms with E-state index in [1.165, 1.54) is 12.8 Å². The Hall–Kier alpha value is -0.710. The molecule has 3 nitrogen and oxygen atoms in total. The van der Waals surface area contributed by atoms with Crippen LogP contribution in [0, 0.1) is 0 Å². The van der Waals surface area contributed by atoms with E-state index in [4.69, 9.17) is 23.2 Å². The third-order valence-electron chi connectivity index (χ3n) is 2.83. The maximum Gasteiger partial charge on any atom is 0.191 e. The topological polar surface area (TPSA) is 30.7 Å². The van der Waals surface area contributed by atoms with E-state index in [0.29, 0.717) is 16.1 Å². The first-order chi connectivity index (χ1) is 8.74. The van der Waals surface area contributed by atoms with E-state index in [2.05, 4.69) is 14.8 Å². The van der Waals surface area contributed by atoms with Crippen molar-refractivity contribution in [3.05, 3.63) is 40.1 Å². The van der Waals surface area contributed by atoms with Crippen LogP contribution in [0.1, 0.15) is 24.4 Å². The number of benzene rings is 1. The van der Waals surface area contributed by atoms with E-state index >= 15 is 0 Å². The van der Waals surface area contributed by atoms with Gasteiger partial charge in [0.15, 0.2) is 5.16 Å². The van der Waals surface area contributed by atoms with Gasteiger partial charge in [0.1, 0.15) is 6.33 Å². The molecule has 0 N–H and O–H groups in total. The van der Waals surface area contributed by atoms with Crippen molar-refractivity contribution >= 4 is 35.0 Å². The maximum atomic E-state index is 5.99. The zero-order valence-electron chi connectivity index (χ0n) is 9.51. The second kappa shape index (κ2) is 5.11. The number of aromatic nitrogens is 3. The summed E-state index contributed by atoms with van der Waals surface area (Å²) >= 11 is 13.6. The van der Waals surface area contributed by atoms with Crippen molar-refractivity contribution in [3.63, 3.8) is 0 Å². The van der Waals surface area contributed by atoms with Crippen LogP contribution in [-0.2, 0) is 5.75 Å². The van der Waals surface area contributed by atoms with E-state index in [1.807, 2.05) is 24.5 Å². The summed E-state index contributed by atoms with van der Waals surface area (Å²) in [6.07, 6.45) is 4.28. The van der Waals surface area contributed by atoms with E-state index in [-0.39, 0.29) is 0 Å². The molecule has 1 aliphatic carbocycles. The highest BCUT2D eigenvalue weighted by atomic mass is 35.5. The van der Waals surface area contributed by atoms with Crippen LogP contribution < -0.4 is 0 Å². The van der Waals surface area contributed by atoms with Gasteiger partial charge in [0.05, 0.1) is 10.0 Å². The smallest absolute Gasteiger partial charge is 0.191 e. The van der Waals surface area contributed by atoms with Gasteiger partial charge in [-0.25, -0.2) is 0 Å². The summed E-state index contributed by atoms with van der Waals surface area (Å²) in [5.41, 5.74) is 1.14. The van der Waals surface area contributed by atoms with Crippen molar-refractivity contribution in [2.45, 2.75) is 29.8 Å². The van der Waals surface area contributed by atoms with Crippen molar-refractivity contribution in [1.29, 1.82) is 0 Å². The van der Waals surface area contributed by atoms with Gasteiger partial charge in [0, 0.05) is 11.8 Å². The number of hydrogen-bond acceptors (Lipinski definition) is 3. The van der Waals surface area contributed by atoms with E-state index < -0.39 is 0 Å². The van der Waals surface area contributed by atoms with Crippen LogP contribution in [0.15, 0.2) is 29.7 Å². The number of halogens is 2. The predicted octanol–water partition coefficient (Wildman–Crippen LogP) is 4.21. The molecule has 0 aliphatic heterocycles. The van der Waals surface area contributed by atoms with E-state index in [1.54, 1.807) is 11.8 Å². The average Bonchev–Trinajstić information content (AvgIpc) is 3.10. The molecule has 1 saturated carbocycles. The van der Waals surface area contributed by atoms with Gasteiger partial charge in [-0.1, -0.05) is 41.0 Å². The molecule has 0 amide bonds. The summed E-state index contributed by atoms with van der Waals surface area (Å²) in [4.78, 5) is 0. The van der Waals surface area contributed by atoms with Gasteiger partial charge in [-0.15, -0.1) is 10.2 Å². The fourth-order valence-corrected chi connectivity index (χ4v) is 2.96. The molecule has 0 radical (unpaired) electrons. The SMILES string of the molecule is Clc1ccc(CSc2nncn2C2CC2)cc1Cl. The summed E-state index contributed by atoms with van der Waals surface area (Å²) in [6, 6.07) is 6.32. The Kier molecular flexibility index (Phi) is 3.50. The second-order valence-electron chi connectivity index (χ2n) is 4.29. The van der Waals surface area contributed by atoms with Crippen LogP contribution in [-0.4, -0.2) is 14.8 Å². The Bertz CT molecular complexity index is 566. The van der Waals surface area contributed by atoms with Gasteiger partial charge in [-0.05, 0) is 30.5 Å². The van der Waals surface area contributed by atoms with E-state index in [0.717, 1.165) is 16.5 Å². The molecule has 1 aromatic carbocycles. The molecule has 94 valence electrons. The second-order valence-corrected chi connectivity index (χ2v) is 6.05. The Morgan fingerprint density at radius 1 is 1.28 bits per heavy atom. The van der Waals surface area contributed by atoms with Crippen LogP contribution >= 0.6 is 35.0 Å². The van der Waals surface area contributed by atoms with Crippen molar-refractivity contribution in [2.75, 3.05) is 0 Å². The molecule has 0 atom stereocenters. The van der Waals surface area contributed by atoms with Crippen molar-refractivity contribution in [2.24, 2.45) is 0 Å². The Labute approximate surface area is 119 Å². The van der Waals surface area contributed by atoms with Gasteiger partial charge < -0.3 is 4.57 Å². The normalized spacial score (nSPS) is 15.0. The molecule has 1 fully saturated rings. The van der Waals surface area contributed by atoms with Crippen LogP contribution in [0.25, 0.3) is 0 Å². The molecule has 1 heterocycles. The molecular formula is C12H11Cl2N3S. The number of nitrogens with zero attached hydrogens (tertiary/aromatic N) is 3. The minimum absolute atomic E-state index is 0.589. The first kappa shape index (κ1) is 12.3. The largest absolute Gasteiger partial charge is 0.306 e. The molecule has 0 spiro atoms. The summed E-state index contributed by atoms with van der Waals surface area (Å²) in [6.45, 7) is 0. The fraction of sp³-hybridized carbons (Fsp3) is 0.333. The number of thioether (sulfide) groups is 1. The van der Waals surface area contributed by atoms with Crippen molar-refractivity contribution in [3.8, 4) is 0 Å². The summed E-state index contributed by atoms with van der Waals surface area (Å²) in [7, 11) is 0. The van der Waals surface area contributed by atoms with Gasteiger partial charge in [-0.3, -0.25) is 0 Å². The van der Waals surface area contributed by atoms with Crippen LogP contribution in [0.2, 0.25) is 10.0 Å². The summed E-state index contributed by atoms with van der Waals surface area (Å²) in [5, 5.41) is 10.3. The molecule has 3 rings (SSSR count). The average molecular weight is 300 g/mol. The first-order valence-electron chi connectivity index (χ1n) is 5.70. The monoisotopic (exact) mass is 299 g/mol. The number of rotatable bonds is 4. The zero-order chi connectivity index (χ0) is 12.5. The molecule has 6 heteroatoms. The third-order valence-corrected chi connectivity index (χ3v) is 4.60. The predicted molar refractivity (Wildman–Crippen MR) is 74.3 cm³/mol. The highest BCUT2D eigenvalue weighted by Crippen LogP contribution is 2.38. The first-order valence-corrected chi connectivity index (χ1v) is 7.44. The highest BCUT2D eigenvalue weighted by Gasteiger charge is 2.26. The lowest BCUT2D eigenvalue weighted by molar-refractivity contribution is 0.663. The minimum Gasteiger partial charge on any atom is -0.306 e. The van der Waals surface area contributed by atoms with Crippen LogP contribution in [0.5, 0.6) is 0 Å². The molecule has 0 saturated heterocycles. The molecule has 0 unspecified atom stereocenters. The van der Waals surface area contributed by atoms with Gasteiger partial charge in [-0.2, -0.15) is 0 Å². The lowest BCUT2D eigenvalue weighted by Crippen LogP contribution is -1.94. The Morgan fingerprint density at radius 3 is 2.83 bits per heavy atom. The maximum absolute atomic E-state index is 5.99. The van der Waals surface area contributed by atoms with Gasteiger partial charge in [0.2, 0.25) is 0 Å². The van der Waals surface area contributed by atoms with Gasteiger partial charge in [0.25, 0.3) is 0 Å². The lowest BCUT2D eigenvalue weighted by Gasteiger charge is -2.05. The summed E-state index contributed by atoms with van der Waals surface area (Å²) < 4.78 is 2.15. The number of hydrogen-bond donors (Lipinski definition) is 0. The molecule has 1 aliphatic rings. The molecule has 1 aromatic heterocycles. The molecule has 2 aromatic rings. The third kappa shape index (κ3) is 2.66. The highest BCUT2D eigenvalue weighted by molar-refractivity contribution is 7.98. The Morgan fingerprint density at radius 2 is 2.11 bits per heavy atom. The fourth-order valence-electron chi connectivity index (χ4n) is 1.72. The van der Waals surface area contributed by atoms with Crippen LogP contribution in [0.3, 0.4) is 0 Å². The zero-order valence-corrected chi connectivity index (χ0v) is 11.8. The van der Waals surface area contributed by atoms with Crippen LogP contribution in [0.4, 0.5) is 0 Å². The van der Waals surface area contributed by atoms with Crippen molar-refractivity contribution in [1.82, 2.24) is 14.8 Å². The van der Waals surface area contributed by atoms with Crippen molar-refractivity contribution < 1.29 is 0 Å². The molecule has 0 bridgehead atoms. The van der Waals surface area contributed by atoms with Gasteiger partial charge >= 0.3 is 0 Å². The minimum atomic E-state index is 0.589. The lowest BCUT2D eigenvalue weighted by atomic mass is 10.2. The quantitative estimate of drug-likeness (QED) is 0.792.